The first-order valence-electron chi connectivity index (χ1n) is 5.18. The zero-order chi connectivity index (χ0) is 10.8. The molecule has 3 N–H and O–H groups in total. The fourth-order valence-electron chi connectivity index (χ4n) is 2.06. The van der Waals surface area contributed by atoms with Crippen LogP contribution in [0.3, 0.4) is 0 Å². The topological polar surface area (TPSA) is 81.1 Å². The molecule has 1 unspecified atom stereocenters. The van der Waals surface area contributed by atoms with Crippen molar-refractivity contribution < 1.29 is 9.90 Å². The number of carboxylic acid groups (broad SMARTS) is 1. The number of aromatic nitrogens is 2. The Balaban J connectivity index is 2.18. The first kappa shape index (κ1) is 10.2. The number of aliphatic carboxylic acids is 1. The summed E-state index contributed by atoms with van der Waals surface area (Å²) < 4.78 is 2.10. The molecule has 2 heterocycles. The summed E-state index contributed by atoms with van der Waals surface area (Å²) in [4.78, 5) is 15.1. The van der Waals surface area contributed by atoms with Gasteiger partial charge < -0.3 is 15.4 Å². The largest absolute Gasteiger partial charge is 0.481 e. The van der Waals surface area contributed by atoms with Crippen LogP contribution >= 0.6 is 0 Å². The van der Waals surface area contributed by atoms with Crippen LogP contribution in [0.2, 0.25) is 0 Å². The third-order valence-electron chi connectivity index (χ3n) is 2.90. The average molecular weight is 209 g/mol. The van der Waals surface area contributed by atoms with Crippen LogP contribution in [0, 0.1) is 5.92 Å². The Bertz CT molecular complexity index is 373. The zero-order valence-corrected chi connectivity index (χ0v) is 8.52. The van der Waals surface area contributed by atoms with Crippen LogP contribution in [0.4, 0.5) is 0 Å². The molecule has 2 rings (SSSR count). The van der Waals surface area contributed by atoms with Crippen LogP contribution in [0.1, 0.15) is 17.9 Å². The minimum Gasteiger partial charge on any atom is -0.481 e. The number of nitrogens with zero attached hydrogens (tertiary/aromatic N) is 2. The molecule has 0 amide bonds. The number of carbonyl (C=O) groups is 1. The molecule has 0 saturated carbocycles. The lowest BCUT2D eigenvalue weighted by Gasteiger charge is -2.21. The average Bonchev–Trinajstić information content (AvgIpc) is 2.61. The molecule has 5 heteroatoms. The second kappa shape index (κ2) is 4.02. The Morgan fingerprint density at radius 1 is 1.73 bits per heavy atom. The molecule has 1 aromatic heterocycles. The molecule has 0 radical (unpaired) electrons. The summed E-state index contributed by atoms with van der Waals surface area (Å²) in [5, 5.41) is 8.92. The highest BCUT2D eigenvalue weighted by Gasteiger charge is 2.26. The summed E-state index contributed by atoms with van der Waals surface area (Å²) in [6.07, 6.45) is 3.85. The summed E-state index contributed by atoms with van der Waals surface area (Å²) >= 11 is 0. The van der Waals surface area contributed by atoms with Crippen molar-refractivity contribution in [1.82, 2.24) is 9.55 Å². The number of carboxylic acids is 1. The quantitative estimate of drug-likeness (QED) is 0.736. The maximum absolute atomic E-state index is 10.8. The Morgan fingerprint density at radius 3 is 3.20 bits per heavy atom. The predicted molar refractivity (Wildman–Crippen MR) is 54.4 cm³/mol. The number of fused-ring (bicyclic) bond motifs is 1. The molecule has 0 spiro atoms. The number of hydrogen-bond donors (Lipinski definition) is 2. The van der Waals surface area contributed by atoms with E-state index in [1.54, 1.807) is 0 Å². The van der Waals surface area contributed by atoms with Crippen LogP contribution in [0.5, 0.6) is 0 Å². The molecule has 82 valence electrons. The molecule has 1 aliphatic heterocycles. The minimum atomic E-state index is -0.718. The van der Waals surface area contributed by atoms with Crippen LogP contribution in [-0.2, 0) is 24.2 Å². The van der Waals surface area contributed by atoms with E-state index < -0.39 is 5.97 Å². The van der Waals surface area contributed by atoms with Gasteiger partial charge in [0.15, 0.2) is 0 Å². The molecule has 1 atom stereocenters. The third kappa shape index (κ3) is 1.87. The van der Waals surface area contributed by atoms with E-state index in [2.05, 4.69) is 9.55 Å². The van der Waals surface area contributed by atoms with Crippen LogP contribution in [0.15, 0.2) is 6.20 Å². The van der Waals surface area contributed by atoms with Gasteiger partial charge in [-0.2, -0.15) is 0 Å². The van der Waals surface area contributed by atoms with Gasteiger partial charge in [0, 0.05) is 31.3 Å². The Morgan fingerprint density at radius 2 is 2.53 bits per heavy atom. The molecule has 1 aromatic rings. The van der Waals surface area contributed by atoms with E-state index in [-0.39, 0.29) is 5.92 Å². The van der Waals surface area contributed by atoms with Gasteiger partial charge >= 0.3 is 5.97 Å². The van der Waals surface area contributed by atoms with Crippen molar-refractivity contribution in [1.29, 1.82) is 0 Å². The molecule has 1 aliphatic rings. The fourth-order valence-corrected chi connectivity index (χ4v) is 2.06. The monoisotopic (exact) mass is 209 g/mol. The normalized spacial score (nSPS) is 19.9. The van der Waals surface area contributed by atoms with E-state index >= 15 is 0 Å². The lowest BCUT2D eigenvalue weighted by Crippen LogP contribution is -2.26. The molecular weight excluding hydrogens is 194 g/mol. The maximum atomic E-state index is 10.8. The lowest BCUT2D eigenvalue weighted by molar-refractivity contribution is -0.142. The predicted octanol–water partition coefficient (Wildman–Crippen LogP) is 0.0313. The summed E-state index contributed by atoms with van der Waals surface area (Å²) in [5.41, 5.74) is 6.61. The summed E-state index contributed by atoms with van der Waals surface area (Å²) in [5.74, 6) is -0.104. The van der Waals surface area contributed by atoms with Gasteiger partial charge in [-0.3, -0.25) is 4.79 Å². The van der Waals surface area contributed by atoms with Crippen molar-refractivity contribution in [2.75, 3.05) is 6.54 Å². The van der Waals surface area contributed by atoms with Crippen LogP contribution in [-0.4, -0.2) is 27.2 Å². The first-order chi connectivity index (χ1) is 7.22. The third-order valence-corrected chi connectivity index (χ3v) is 2.90. The van der Waals surface area contributed by atoms with Gasteiger partial charge in [0.2, 0.25) is 0 Å². The Hall–Kier alpha value is -1.36. The summed E-state index contributed by atoms with van der Waals surface area (Å²) in [7, 11) is 0. The van der Waals surface area contributed by atoms with E-state index in [0.717, 1.165) is 24.5 Å². The molecule has 0 aromatic carbocycles. The maximum Gasteiger partial charge on any atom is 0.307 e. The first-order valence-corrected chi connectivity index (χ1v) is 5.18. The zero-order valence-electron chi connectivity index (χ0n) is 8.52. The van der Waals surface area contributed by atoms with Gasteiger partial charge in [-0.05, 0) is 13.0 Å². The fraction of sp³-hybridized carbons (Fsp3) is 0.600. The highest BCUT2D eigenvalue weighted by Crippen LogP contribution is 2.21. The van der Waals surface area contributed by atoms with Crippen LogP contribution < -0.4 is 5.73 Å². The van der Waals surface area contributed by atoms with Crippen LogP contribution in [0.25, 0.3) is 0 Å². The molecule has 5 nitrogen and oxygen atoms in total. The van der Waals surface area contributed by atoms with Gasteiger partial charge in [-0.1, -0.05) is 0 Å². The van der Waals surface area contributed by atoms with Crippen molar-refractivity contribution in [3.8, 4) is 0 Å². The highest BCUT2D eigenvalue weighted by atomic mass is 16.4. The Kier molecular flexibility index (Phi) is 2.73. The Labute approximate surface area is 87.9 Å². The van der Waals surface area contributed by atoms with Crippen molar-refractivity contribution >= 4 is 5.97 Å². The van der Waals surface area contributed by atoms with Gasteiger partial charge in [-0.25, -0.2) is 4.98 Å². The highest BCUT2D eigenvalue weighted by molar-refractivity contribution is 5.70. The molecule has 0 saturated heterocycles. The molecular formula is C10H15N3O2. The molecule has 0 fully saturated rings. The number of imidazole rings is 1. The number of nitrogens with two attached hydrogens (primary N) is 1. The molecule has 0 bridgehead atoms. The van der Waals surface area contributed by atoms with E-state index in [0.29, 0.717) is 19.4 Å². The van der Waals surface area contributed by atoms with Gasteiger partial charge in [0.25, 0.3) is 0 Å². The SMILES string of the molecule is NCCc1cnc2n1CCC(C(=O)O)C2. The van der Waals surface area contributed by atoms with E-state index in [1.165, 1.54) is 0 Å². The van der Waals surface area contributed by atoms with Gasteiger partial charge in [-0.15, -0.1) is 0 Å². The summed E-state index contributed by atoms with van der Waals surface area (Å²) in [6.45, 7) is 1.36. The van der Waals surface area contributed by atoms with Gasteiger partial charge in [0.1, 0.15) is 5.82 Å². The standard InChI is InChI=1S/C10H15N3O2/c11-3-1-8-6-12-9-5-7(10(14)15)2-4-13(8)9/h6-7H,1-5,11H2,(H,14,15). The molecule has 15 heavy (non-hydrogen) atoms. The molecule has 0 aliphatic carbocycles. The van der Waals surface area contributed by atoms with Gasteiger partial charge in [0.05, 0.1) is 5.92 Å². The van der Waals surface area contributed by atoms with E-state index in [1.807, 2.05) is 6.20 Å². The smallest absolute Gasteiger partial charge is 0.307 e. The van der Waals surface area contributed by atoms with E-state index in [9.17, 15) is 4.79 Å². The van der Waals surface area contributed by atoms with Crippen molar-refractivity contribution in [3.05, 3.63) is 17.7 Å². The summed E-state index contributed by atoms with van der Waals surface area (Å²) in [6, 6.07) is 0. The lowest BCUT2D eigenvalue weighted by atomic mass is 9.98. The van der Waals surface area contributed by atoms with E-state index in [4.69, 9.17) is 10.8 Å². The minimum absolute atomic E-state index is 0.273. The van der Waals surface area contributed by atoms with Crippen molar-refractivity contribution in [2.45, 2.75) is 25.8 Å². The second-order valence-electron chi connectivity index (χ2n) is 3.88. The number of rotatable bonds is 3. The van der Waals surface area contributed by atoms with Crippen molar-refractivity contribution in [3.63, 3.8) is 0 Å². The number of hydrogen-bond acceptors (Lipinski definition) is 3. The van der Waals surface area contributed by atoms with Crippen molar-refractivity contribution in [2.24, 2.45) is 11.7 Å². The second-order valence-corrected chi connectivity index (χ2v) is 3.88.